The average Bonchev–Trinajstić information content (AvgIpc) is 3.53. The third-order valence-electron chi connectivity index (χ3n) is 6.29. The van der Waals surface area contributed by atoms with Crippen molar-refractivity contribution in [2.24, 2.45) is 0 Å². The first-order valence-corrected chi connectivity index (χ1v) is 12.6. The van der Waals surface area contributed by atoms with Gasteiger partial charge < -0.3 is 5.32 Å². The van der Waals surface area contributed by atoms with Gasteiger partial charge in [-0.05, 0) is 36.2 Å². The molecule has 0 bridgehead atoms. The minimum absolute atomic E-state index is 0.135. The maximum Gasteiger partial charge on any atom is 0.263 e. The summed E-state index contributed by atoms with van der Waals surface area (Å²) in [7, 11) is 0. The topological polar surface area (TPSA) is 110 Å². The van der Waals surface area contributed by atoms with Crippen LogP contribution in [0.4, 0.5) is 5.82 Å². The second kappa shape index (κ2) is 10.0. The minimum Gasteiger partial charge on any atom is -0.310 e. The normalized spacial score (nSPS) is 11.3. The van der Waals surface area contributed by atoms with Gasteiger partial charge in [-0.15, -0.1) is 0 Å². The Morgan fingerprint density at radius 2 is 1.62 bits per heavy atom. The number of benzene rings is 3. The van der Waals surface area contributed by atoms with Crippen molar-refractivity contribution in [1.82, 2.24) is 29.5 Å². The summed E-state index contributed by atoms with van der Waals surface area (Å²) >= 11 is 6.17. The number of carbonyl (C=O) groups is 1. The zero-order valence-corrected chi connectivity index (χ0v) is 21.5. The summed E-state index contributed by atoms with van der Waals surface area (Å²) in [5, 5.41) is 12.7. The monoisotopic (exact) mass is 535 g/mol. The highest BCUT2D eigenvalue weighted by atomic mass is 35.5. The van der Waals surface area contributed by atoms with Crippen molar-refractivity contribution in [2.45, 2.75) is 12.8 Å². The van der Waals surface area contributed by atoms with Crippen molar-refractivity contribution in [1.29, 1.82) is 0 Å². The van der Waals surface area contributed by atoms with E-state index in [9.17, 15) is 9.59 Å². The van der Waals surface area contributed by atoms with E-state index >= 15 is 0 Å². The number of nitrogens with zero attached hydrogens (tertiary/aromatic N) is 5. The van der Waals surface area contributed by atoms with Gasteiger partial charge in [-0.2, -0.15) is 19.9 Å². The molecular formula is C29H22ClN7O2. The van der Waals surface area contributed by atoms with Crippen molar-refractivity contribution >= 4 is 34.4 Å². The number of fused-ring (bicyclic) bond motifs is 1. The molecule has 1 amide bonds. The van der Waals surface area contributed by atoms with Gasteiger partial charge in [-0.1, -0.05) is 78.3 Å². The second-order valence-corrected chi connectivity index (χ2v) is 9.43. The Morgan fingerprint density at radius 3 is 2.28 bits per heavy atom. The lowest BCUT2D eigenvalue weighted by atomic mass is 9.90. The van der Waals surface area contributed by atoms with Crippen molar-refractivity contribution in [3.05, 3.63) is 129 Å². The third kappa shape index (κ3) is 4.71. The van der Waals surface area contributed by atoms with E-state index < -0.39 is 5.92 Å². The van der Waals surface area contributed by atoms with Gasteiger partial charge in [0.25, 0.3) is 5.56 Å². The molecule has 3 heterocycles. The molecule has 0 saturated carbocycles. The van der Waals surface area contributed by atoms with E-state index in [1.54, 1.807) is 31.2 Å². The highest BCUT2D eigenvalue weighted by Crippen LogP contribution is 2.27. The number of rotatable bonds is 6. The molecule has 6 aromatic rings. The zero-order chi connectivity index (χ0) is 26.9. The molecule has 3 aromatic heterocycles. The number of anilines is 1. The second-order valence-electron chi connectivity index (χ2n) is 8.99. The molecule has 0 aliphatic heterocycles. The number of hydrogen-bond acceptors (Lipinski definition) is 5. The summed E-state index contributed by atoms with van der Waals surface area (Å²) in [4.78, 5) is 34.2. The quantitative estimate of drug-likeness (QED) is 0.311. The molecule has 10 heteroatoms. The number of aromatic amines is 1. The van der Waals surface area contributed by atoms with Crippen LogP contribution in [0.25, 0.3) is 22.7 Å². The number of hydrogen-bond donors (Lipinski definition) is 2. The van der Waals surface area contributed by atoms with Gasteiger partial charge in [-0.25, -0.2) is 4.68 Å². The summed E-state index contributed by atoms with van der Waals surface area (Å²) < 4.78 is 2.95. The van der Waals surface area contributed by atoms with Crippen LogP contribution in [0.3, 0.4) is 0 Å². The lowest BCUT2D eigenvalue weighted by Crippen LogP contribution is -2.24. The van der Waals surface area contributed by atoms with E-state index in [0.717, 1.165) is 11.1 Å². The molecule has 0 saturated heterocycles. The van der Waals surface area contributed by atoms with Crippen LogP contribution in [0.15, 0.2) is 102 Å². The van der Waals surface area contributed by atoms with E-state index in [-0.39, 0.29) is 17.4 Å². The number of halogens is 1. The first kappa shape index (κ1) is 24.3. The Kier molecular flexibility index (Phi) is 6.26. The van der Waals surface area contributed by atoms with Gasteiger partial charge >= 0.3 is 0 Å². The van der Waals surface area contributed by atoms with Crippen LogP contribution in [0.5, 0.6) is 0 Å². The number of aromatic nitrogens is 6. The molecule has 0 unspecified atom stereocenters. The molecule has 0 atom stereocenters. The number of amides is 1. The van der Waals surface area contributed by atoms with Crippen LogP contribution in [0.1, 0.15) is 22.7 Å². The van der Waals surface area contributed by atoms with Crippen LogP contribution >= 0.6 is 11.6 Å². The average molecular weight is 536 g/mol. The van der Waals surface area contributed by atoms with E-state index in [4.69, 9.17) is 11.6 Å². The molecule has 6 rings (SSSR count). The minimum atomic E-state index is -0.560. The van der Waals surface area contributed by atoms with E-state index in [1.807, 2.05) is 66.7 Å². The Morgan fingerprint density at radius 1 is 0.923 bits per heavy atom. The predicted molar refractivity (Wildman–Crippen MR) is 150 cm³/mol. The fraction of sp³-hybridized carbons (Fsp3) is 0.0690. The van der Waals surface area contributed by atoms with Crippen LogP contribution in [0, 0.1) is 6.92 Å². The lowest BCUT2D eigenvalue weighted by Gasteiger charge is -2.18. The SMILES string of the molecule is Cc1cc(NC(=O)C(c2ccccc2)c2ccccc2)n(-c2nc3c(cnn3-c3cccc(Cl)c3)c(=O)[nH]2)n1. The number of aryl methyl sites for hydroxylation is 1. The molecule has 0 fully saturated rings. The van der Waals surface area contributed by atoms with Crippen molar-refractivity contribution < 1.29 is 4.79 Å². The molecule has 0 aliphatic rings. The smallest absolute Gasteiger partial charge is 0.263 e. The Hall–Kier alpha value is -5.02. The van der Waals surface area contributed by atoms with Gasteiger partial charge in [0, 0.05) is 11.1 Å². The predicted octanol–water partition coefficient (Wildman–Crippen LogP) is 5.03. The molecule has 39 heavy (non-hydrogen) atoms. The van der Waals surface area contributed by atoms with E-state index in [2.05, 4.69) is 25.5 Å². The molecule has 0 aliphatic carbocycles. The molecule has 192 valence electrons. The summed E-state index contributed by atoms with van der Waals surface area (Å²) in [6, 6.07) is 27.9. The summed E-state index contributed by atoms with van der Waals surface area (Å²) in [5.41, 5.74) is 2.92. The highest BCUT2D eigenvalue weighted by molar-refractivity contribution is 6.30. The first-order valence-electron chi connectivity index (χ1n) is 12.2. The third-order valence-corrected chi connectivity index (χ3v) is 6.52. The molecule has 0 radical (unpaired) electrons. The zero-order valence-electron chi connectivity index (χ0n) is 20.7. The lowest BCUT2D eigenvalue weighted by molar-refractivity contribution is -0.116. The summed E-state index contributed by atoms with van der Waals surface area (Å²) in [6.07, 6.45) is 1.45. The Balaban J connectivity index is 1.42. The first-order chi connectivity index (χ1) is 19.0. The molecule has 2 N–H and O–H groups in total. The number of carbonyl (C=O) groups excluding carboxylic acids is 1. The summed E-state index contributed by atoms with van der Waals surface area (Å²) in [6.45, 7) is 1.80. The molecular weight excluding hydrogens is 514 g/mol. The van der Waals surface area contributed by atoms with E-state index in [1.165, 1.54) is 15.6 Å². The van der Waals surface area contributed by atoms with E-state index in [0.29, 0.717) is 33.3 Å². The van der Waals surface area contributed by atoms with Crippen LogP contribution in [0.2, 0.25) is 5.02 Å². The molecule has 3 aromatic carbocycles. The highest BCUT2D eigenvalue weighted by Gasteiger charge is 2.25. The maximum atomic E-state index is 13.7. The van der Waals surface area contributed by atoms with Crippen molar-refractivity contribution in [3.63, 3.8) is 0 Å². The van der Waals surface area contributed by atoms with Gasteiger partial charge in [-0.3, -0.25) is 14.6 Å². The van der Waals surface area contributed by atoms with Gasteiger partial charge in [0.2, 0.25) is 11.9 Å². The number of nitrogens with one attached hydrogen (secondary N) is 2. The molecule has 9 nitrogen and oxygen atoms in total. The van der Waals surface area contributed by atoms with Gasteiger partial charge in [0.05, 0.1) is 23.5 Å². The number of H-pyrrole nitrogens is 1. The fourth-order valence-corrected chi connectivity index (χ4v) is 4.72. The van der Waals surface area contributed by atoms with Gasteiger partial charge in [0.15, 0.2) is 5.65 Å². The fourth-order valence-electron chi connectivity index (χ4n) is 4.54. The molecule has 0 spiro atoms. The van der Waals surface area contributed by atoms with Crippen molar-refractivity contribution in [3.8, 4) is 11.6 Å². The summed E-state index contributed by atoms with van der Waals surface area (Å²) in [5.74, 6) is -0.308. The van der Waals surface area contributed by atoms with Crippen LogP contribution in [-0.2, 0) is 4.79 Å². The maximum absolute atomic E-state index is 13.7. The van der Waals surface area contributed by atoms with Gasteiger partial charge in [0.1, 0.15) is 11.2 Å². The Labute approximate surface area is 227 Å². The standard InChI is InChI=1S/C29H22ClN7O2/c1-18-15-24(32-28(39)25(19-9-4-2-5-10-19)20-11-6-3-7-12-20)37(35-18)29-33-26-23(27(38)34-29)17-31-36(26)22-14-8-13-21(30)16-22/h2-17,25H,1H3,(H,32,39)(H,33,34,38). The Bertz CT molecular complexity index is 1820. The van der Waals surface area contributed by atoms with Crippen LogP contribution < -0.4 is 10.9 Å². The van der Waals surface area contributed by atoms with Crippen molar-refractivity contribution in [2.75, 3.05) is 5.32 Å². The van der Waals surface area contributed by atoms with Crippen LogP contribution in [-0.4, -0.2) is 35.4 Å². The largest absolute Gasteiger partial charge is 0.310 e.